The second-order valence-corrected chi connectivity index (χ2v) is 6.29. The number of rotatable bonds is 5. The number of urea groups is 1. The van der Waals surface area contributed by atoms with E-state index in [2.05, 4.69) is 16.0 Å². The SMILES string of the molecule is C[C@]1(c2cccc(NC(=O)/C=C/c3cccc([N+](=O)[O-])c3)c2)NC(=O)NC1=O. The van der Waals surface area contributed by atoms with Gasteiger partial charge in [0, 0.05) is 23.9 Å². The highest BCUT2D eigenvalue weighted by Crippen LogP contribution is 2.26. The van der Waals surface area contributed by atoms with Crippen molar-refractivity contribution >= 4 is 35.3 Å². The summed E-state index contributed by atoms with van der Waals surface area (Å²) in [5.74, 6) is -0.930. The number of nitrogens with zero attached hydrogens (tertiary/aromatic N) is 1. The summed E-state index contributed by atoms with van der Waals surface area (Å²) in [5.41, 5.74) is 0.158. The molecule has 28 heavy (non-hydrogen) atoms. The van der Waals surface area contributed by atoms with E-state index in [1.165, 1.54) is 30.4 Å². The van der Waals surface area contributed by atoms with Crippen molar-refractivity contribution in [2.24, 2.45) is 0 Å². The molecule has 3 rings (SSSR count). The number of non-ortho nitro benzene ring substituents is 1. The molecule has 0 radical (unpaired) electrons. The zero-order valence-corrected chi connectivity index (χ0v) is 14.8. The zero-order valence-electron chi connectivity index (χ0n) is 14.8. The number of carbonyl (C=O) groups excluding carboxylic acids is 3. The Bertz CT molecular complexity index is 1020. The lowest BCUT2D eigenvalue weighted by atomic mass is 9.92. The third-order valence-electron chi connectivity index (χ3n) is 4.26. The average molecular weight is 380 g/mol. The van der Waals surface area contributed by atoms with Crippen molar-refractivity contribution in [3.05, 3.63) is 75.8 Å². The third kappa shape index (κ3) is 3.88. The average Bonchev–Trinajstić information content (AvgIpc) is 2.93. The molecule has 0 aliphatic carbocycles. The molecule has 9 heteroatoms. The van der Waals surface area contributed by atoms with E-state index in [1.54, 1.807) is 37.3 Å². The fraction of sp³-hybridized carbons (Fsp3) is 0.105. The molecule has 2 aromatic carbocycles. The Morgan fingerprint density at radius 1 is 1.18 bits per heavy atom. The van der Waals surface area contributed by atoms with Gasteiger partial charge in [-0.15, -0.1) is 0 Å². The van der Waals surface area contributed by atoms with E-state index in [9.17, 15) is 24.5 Å². The van der Waals surface area contributed by atoms with Crippen LogP contribution in [0.4, 0.5) is 16.2 Å². The predicted octanol–water partition coefficient (Wildman–Crippen LogP) is 2.30. The Hall–Kier alpha value is -4.01. The molecule has 0 bridgehead atoms. The van der Waals surface area contributed by atoms with Crippen LogP contribution in [-0.4, -0.2) is 22.8 Å². The van der Waals surface area contributed by atoms with Crippen LogP contribution in [0, 0.1) is 10.1 Å². The molecule has 1 saturated heterocycles. The first kappa shape index (κ1) is 18.8. The standard InChI is InChI=1S/C19H16N4O5/c1-19(17(25)21-18(26)22-19)13-5-3-6-14(11-13)20-16(24)9-8-12-4-2-7-15(10-12)23(27)28/h2-11H,1H3,(H,20,24)(H2,21,22,25,26)/b9-8+/t19-/m1/s1. The smallest absolute Gasteiger partial charge is 0.322 e. The minimum atomic E-state index is -1.23. The van der Waals surface area contributed by atoms with Gasteiger partial charge in [0.2, 0.25) is 5.91 Å². The van der Waals surface area contributed by atoms with Gasteiger partial charge in [0.15, 0.2) is 0 Å². The van der Waals surface area contributed by atoms with Crippen LogP contribution < -0.4 is 16.0 Å². The van der Waals surface area contributed by atoms with Gasteiger partial charge in [0.25, 0.3) is 11.6 Å². The van der Waals surface area contributed by atoms with Crippen LogP contribution >= 0.6 is 0 Å². The normalized spacial score (nSPS) is 18.6. The number of nitro groups is 1. The van der Waals surface area contributed by atoms with Gasteiger partial charge in [-0.25, -0.2) is 4.79 Å². The highest BCUT2D eigenvalue weighted by Gasteiger charge is 2.43. The lowest BCUT2D eigenvalue weighted by molar-refractivity contribution is -0.384. The van der Waals surface area contributed by atoms with Gasteiger partial charge in [0.1, 0.15) is 5.54 Å². The van der Waals surface area contributed by atoms with E-state index in [4.69, 9.17) is 0 Å². The summed E-state index contributed by atoms with van der Waals surface area (Å²) in [4.78, 5) is 45.9. The number of amides is 4. The van der Waals surface area contributed by atoms with Crippen molar-refractivity contribution in [2.45, 2.75) is 12.5 Å². The Kier molecular flexibility index (Phi) is 4.90. The molecule has 0 aromatic heterocycles. The van der Waals surface area contributed by atoms with E-state index in [0.717, 1.165) is 0 Å². The van der Waals surface area contributed by atoms with Gasteiger partial charge in [-0.1, -0.05) is 24.3 Å². The highest BCUT2D eigenvalue weighted by molar-refractivity contribution is 6.07. The van der Waals surface area contributed by atoms with Crippen LogP contribution in [0.15, 0.2) is 54.6 Å². The van der Waals surface area contributed by atoms with E-state index < -0.39 is 28.3 Å². The molecular weight excluding hydrogens is 364 g/mol. The van der Waals surface area contributed by atoms with Gasteiger partial charge in [-0.05, 0) is 36.3 Å². The van der Waals surface area contributed by atoms with Gasteiger partial charge in [0.05, 0.1) is 4.92 Å². The maximum Gasteiger partial charge on any atom is 0.322 e. The van der Waals surface area contributed by atoms with Crippen LogP contribution in [0.2, 0.25) is 0 Å². The number of carbonyl (C=O) groups is 3. The molecule has 0 saturated carbocycles. The molecule has 3 N–H and O–H groups in total. The predicted molar refractivity (Wildman–Crippen MR) is 101 cm³/mol. The van der Waals surface area contributed by atoms with Crippen LogP contribution in [-0.2, 0) is 15.1 Å². The van der Waals surface area contributed by atoms with Crippen molar-refractivity contribution in [1.29, 1.82) is 0 Å². The van der Waals surface area contributed by atoms with Crippen LogP contribution in [0.5, 0.6) is 0 Å². The number of anilines is 1. The number of hydrogen-bond donors (Lipinski definition) is 3. The Balaban J connectivity index is 1.73. The summed E-state index contributed by atoms with van der Waals surface area (Å²) in [7, 11) is 0. The zero-order chi connectivity index (χ0) is 20.3. The number of hydrogen-bond acceptors (Lipinski definition) is 5. The topological polar surface area (TPSA) is 130 Å². The molecule has 4 amide bonds. The summed E-state index contributed by atoms with van der Waals surface area (Å²) in [5, 5.41) is 18.2. The molecule has 1 heterocycles. The molecule has 142 valence electrons. The summed E-state index contributed by atoms with van der Waals surface area (Å²) < 4.78 is 0. The van der Waals surface area contributed by atoms with E-state index in [1.807, 2.05) is 0 Å². The van der Waals surface area contributed by atoms with E-state index in [0.29, 0.717) is 16.8 Å². The second kappa shape index (κ2) is 7.31. The maximum absolute atomic E-state index is 12.2. The maximum atomic E-state index is 12.2. The van der Waals surface area contributed by atoms with Crippen LogP contribution in [0.25, 0.3) is 6.08 Å². The molecule has 1 aliphatic rings. The minimum absolute atomic E-state index is 0.0691. The van der Waals surface area contributed by atoms with Crippen molar-refractivity contribution in [3.63, 3.8) is 0 Å². The van der Waals surface area contributed by atoms with E-state index >= 15 is 0 Å². The highest BCUT2D eigenvalue weighted by atomic mass is 16.6. The first-order chi connectivity index (χ1) is 13.3. The number of imide groups is 1. The molecule has 1 fully saturated rings. The summed E-state index contributed by atoms with van der Waals surface area (Å²) in [6.07, 6.45) is 2.70. The molecule has 0 unspecified atom stereocenters. The van der Waals surface area contributed by atoms with Crippen molar-refractivity contribution < 1.29 is 19.3 Å². The molecular formula is C19H16N4O5. The third-order valence-corrected chi connectivity index (χ3v) is 4.26. The number of benzene rings is 2. The Morgan fingerprint density at radius 3 is 2.61 bits per heavy atom. The largest absolute Gasteiger partial charge is 0.323 e. The van der Waals surface area contributed by atoms with Crippen molar-refractivity contribution in [2.75, 3.05) is 5.32 Å². The second-order valence-electron chi connectivity index (χ2n) is 6.29. The van der Waals surface area contributed by atoms with Gasteiger partial charge in [-0.2, -0.15) is 0 Å². The minimum Gasteiger partial charge on any atom is -0.323 e. The van der Waals surface area contributed by atoms with Crippen molar-refractivity contribution in [1.82, 2.24) is 10.6 Å². The molecule has 1 aliphatic heterocycles. The molecule has 9 nitrogen and oxygen atoms in total. The van der Waals surface area contributed by atoms with Gasteiger partial charge < -0.3 is 10.6 Å². The first-order valence-electron chi connectivity index (χ1n) is 8.25. The van der Waals surface area contributed by atoms with Gasteiger partial charge in [-0.3, -0.25) is 25.0 Å². The summed E-state index contributed by atoms with van der Waals surface area (Å²) >= 11 is 0. The molecule has 2 aromatic rings. The summed E-state index contributed by atoms with van der Waals surface area (Å²) in [6, 6.07) is 11.8. The van der Waals surface area contributed by atoms with E-state index in [-0.39, 0.29) is 5.69 Å². The lowest BCUT2D eigenvalue weighted by Gasteiger charge is -2.21. The molecule has 0 spiro atoms. The van der Waals surface area contributed by atoms with Gasteiger partial charge >= 0.3 is 6.03 Å². The van der Waals surface area contributed by atoms with Crippen LogP contribution in [0.3, 0.4) is 0 Å². The Labute approximate surface area is 159 Å². The van der Waals surface area contributed by atoms with Crippen LogP contribution in [0.1, 0.15) is 18.1 Å². The first-order valence-corrected chi connectivity index (χ1v) is 8.25. The fourth-order valence-corrected chi connectivity index (χ4v) is 2.75. The number of nitro benzene ring substituents is 1. The quantitative estimate of drug-likeness (QED) is 0.317. The lowest BCUT2D eigenvalue weighted by Crippen LogP contribution is -2.40. The summed E-state index contributed by atoms with van der Waals surface area (Å²) in [6.45, 7) is 1.57. The molecule has 1 atom stereocenters. The van der Waals surface area contributed by atoms with Crippen molar-refractivity contribution in [3.8, 4) is 0 Å². The fourth-order valence-electron chi connectivity index (χ4n) is 2.75. The monoisotopic (exact) mass is 380 g/mol. The number of nitrogens with one attached hydrogen (secondary N) is 3. The Morgan fingerprint density at radius 2 is 1.93 bits per heavy atom.